The number of hydrogen-bond donors (Lipinski definition) is 0. The van der Waals surface area contributed by atoms with Gasteiger partial charge in [0.2, 0.25) is 0 Å². The molecule has 26 heavy (non-hydrogen) atoms. The number of rotatable bonds is 5. The Hall–Kier alpha value is -2.15. The second-order valence-corrected chi connectivity index (χ2v) is 7.31. The summed E-state index contributed by atoms with van der Waals surface area (Å²) in [5, 5.41) is 8.28. The van der Waals surface area contributed by atoms with Crippen LogP contribution < -0.4 is 0 Å². The highest BCUT2D eigenvalue weighted by atomic mass is 16.5. The third kappa shape index (κ3) is 3.53. The van der Waals surface area contributed by atoms with E-state index in [0.29, 0.717) is 35.5 Å². The summed E-state index contributed by atoms with van der Waals surface area (Å²) in [4.78, 5) is 17.2. The van der Waals surface area contributed by atoms with E-state index in [2.05, 4.69) is 28.3 Å². The lowest BCUT2D eigenvalue weighted by molar-refractivity contribution is 0.0587. The summed E-state index contributed by atoms with van der Waals surface area (Å²) >= 11 is 0. The molecule has 0 unspecified atom stereocenters. The molecule has 1 aliphatic heterocycles. The number of amides is 1. The van der Waals surface area contributed by atoms with Crippen LogP contribution in [-0.4, -0.2) is 57.3 Å². The number of nitrogens with zero attached hydrogens (tertiary/aromatic N) is 5. The lowest BCUT2D eigenvalue weighted by Gasteiger charge is -2.42. The second kappa shape index (κ2) is 7.61. The monoisotopic (exact) mass is 359 g/mol. The van der Waals surface area contributed by atoms with Crippen molar-refractivity contribution in [3.8, 4) is 0 Å². The van der Waals surface area contributed by atoms with Crippen molar-refractivity contribution in [3.63, 3.8) is 0 Å². The van der Waals surface area contributed by atoms with Crippen molar-refractivity contribution in [1.82, 2.24) is 24.7 Å². The number of carbonyl (C=O) groups is 1. The van der Waals surface area contributed by atoms with Crippen LogP contribution in [-0.2, 0) is 7.05 Å². The molecule has 142 valence electrons. The van der Waals surface area contributed by atoms with Crippen LogP contribution in [0, 0.1) is 19.8 Å². The molecular formula is C19H29N5O2. The van der Waals surface area contributed by atoms with Gasteiger partial charge < -0.3 is 9.42 Å². The molecule has 1 fully saturated rings. The van der Waals surface area contributed by atoms with E-state index < -0.39 is 0 Å². The van der Waals surface area contributed by atoms with Gasteiger partial charge in [0.15, 0.2) is 0 Å². The molecule has 1 amide bonds. The molecule has 3 heterocycles. The number of hydrogen-bond acceptors (Lipinski definition) is 5. The van der Waals surface area contributed by atoms with E-state index in [-0.39, 0.29) is 5.91 Å². The van der Waals surface area contributed by atoms with Crippen molar-refractivity contribution in [2.45, 2.75) is 39.7 Å². The van der Waals surface area contributed by atoms with E-state index in [9.17, 15) is 4.79 Å². The maximum absolute atomic E-state index is 12.9. The van der Waals surface area contributed by atoms with E-state index in [0.717, 1.165) is 25.9 Å². The molecular weight excluding hydrogens is 330 g/mol. The highest BCUT2D eigenvalue weighted by molar-refractivity contribution is 5.95. The van der Waals surface area contributed by atoms with Gasteiger partial charge in [0.1, 0.15) is 11.3 Å². The van der Waals surface area contributed by atoms with Gasteiger partial charge in [0, 0.05) is 38.4 Å². The molecule has 0 saturated carbocycles. The van der Waals surface area contributed by atoms with Crippen LogP contribution >= 0.6 is 0 Å². The number of carbonyl (C=O) groups excluding carboxylic acids is 1. The van der Waals surface area contributed by atoms with Crippen molar-refractivity contribution in [2.75, 3.05) is 26.7 Å². The van der Waals surface area contributed by atoms with Crippen molar-refractivity contribution < 1.29 is 9.32 Å². The molecule has 0 N–H and O–H groups in total. The van der Waals surface area contributed by atoms with Gasteiger partial charge in [-0.2, -0.15) is 5.10 Å². The number of aryl methyl sites for hydroxylation is 3. The summed E-state index contributed by atoms with van der Waals surface area (Å²) < 4.78 is 7.02. The van der Waals surface area contributed by atoms with Gasteiger partial charge in [-0.15, -0.1) is 0 Å². The van der Waals surface area contributed by atoms with Crippen LogP contribution in [0.3, 0.4) is 0 Å². The molecule has 1 aliphatic rings. The fourth-order valence-corrected chi connectivity index (χ4v) is 4.19. The van der Waals surface area contributed by atoms with Crippen LogP contribution in [0.15, 0.2) is 16.9 Å². The van der Waals surface area contributed by atoms with Crippen molar-refractivity contribution in [2.24, 2.45) is 13.0 Å². The Kier molecular flexibility index (Phi) is 5.46. The first kappa shape index (κ1) is 18.6. The summed E-state index contributed by atoms with van der Waals surface area (Å²) in [5.41, 5.74) is 2.48. The van der Waals surface area contributed by atoms with Crippen LogP contribution in [0.1, 0.15) is 53.2 Å². The Morgan fingerprint density at radius 1 is 1.42 bits per heavy atom. The highest BCUT2D eigenvalue weighted by Crippen LogP contribution is 2.36. The third-order valence-electron chi connectivity index (χ3n) is 5.44. The SMILES string of the molecule is CCN1CCC[C@@H](CN(C)C(=O)c2c(C)noc2C)[C@@H]1c1cnn(C)c1. The Morgan fingerprint density at radius 3 is 2.77 bits per heavy atom. The first-order chi connectivity index (χ1) is 12.4. The third-order valence-corrected chi connectivity index (χ3v) is 5.44. The summed E-state index contributed by atoms with van der Waals surface area (Å²) in [6.07, 6.45) is 6.32. The van der Waals surface area contributed by atoms with Gasteiger partial charge in [-0.05, 0) is 45.7 Å². The zero-order chi connectivity index (χ0) is 18.8. The molecule has 2 aromatic rings. The minimum Gasteiger partial charge on any atom is -0.361 e. The second-order valence-electron chi connectivity index (χ2n) is 7.31. The van der Waals surface area contributed by atoms with Gasteiger partial charge in [0.05, 0.1) is 11.9 Å². The van der Waals surface area contributed by atoms with Crippen molar-refractivity contribution >= 4 is 5.91 Å². The molecule has 2 aromatic heterocycles. The van der Waals surface area contributed by atoms with E-state index in [1.54, 1.807) is 6.92 Å². The molecule has 3 rings (SSSR count). The standard InChI is InChI=1S/C19H29N5O2/c1-6-24-9-7-8-15(18(24)16-10-20-23(5)12-16)11-22(4)19(25)17-13(2)21-26-14(17)3/h10,12,15,18H,6-9,11H2,1-5H3/t15-,18+/m0/s1. The quantitative estimate of drug-likeness (QED) is 0.821. The smallest absolute Gasteiger partial charge is 0.259 e. The van der Waals surface area contributed by atoms with Gasteiger partial charge in [-0.3, -0.25) is 14.4 Å². The number of piperidine rings is 1. The predicted molar refractivity (Wildman–Crippen MR) is 98.9 cm³/mol. The minimum atomic E-state index is -0.0141. The lowest BCUT2D eigenvalue weighted by atomic mass is 9.85. The maximum Gasteiger partial charge on any atom is 0.259 e. The first-order valence-electron chi connectivity index (χ1n) is 9.33. The first-order valence-corrected chi connectivity index (χ1v) is 9.33. The number of likely N-dealkylation sites (tertiary alicyclic amines) is 1. The Labute approximate surface area is 154 Å². The molecule has 1 saturated heterocycles. The van der Waals surface area contributed by atoms with Gasteiger partial charge in [-0.25, -0.2) is 0 Å². The van der Waals surface area contributed by atoms with Crippen LogP contribution in [0.25, 0.3) is 0 Å². The molecule has 0 spiro atoms. The fraction of sp³-hybridized carbons (Fsp3) is 0.632. The minimum absolute atomic E-state index is 0.0141. The zero-order valence-electron chi connectivity index (χ0n) is 16.4. The highest BCUT2D eigenvalue weighted by Gasteiger charge is 2.34. The van der Waals surface area contributed by atoms with Crippen molar-refractivity contribution in [1.29, 1.82) is 0 Å². The Morgan fingerprint density at radius 2 is 2.19 bits per heavy atom. The zero-order valence-corrected chi connectivity index (χ0v) is 16.4. The summed E-state index contributed by atoms with van der Waals surface area (Å²) in [7, 11) is 3.82. The van der Waals surface area contributed by atoms with Gasteiger partial charge >= 0.3 is 0 Å². The molecule has 0 aliphatic carbocycles. The molecule has 2 atom stereocenters. The van der Waals surface area contributed by atoms with E-state index >= 15 is 0 Å². The van der Waals surface area contributed by atoms with Crippen LogP contribution in [0.5, 0.6) is 0 Å². The maximum atomic E-state index is 12.9. The summed E-state index contributed by atoms with van der Waals surface area (Å²) in [6, 6.07) is 0.294. The van der Waals surface area contributed by atoms with Gasteiger partial charge in [0.25, 0.3) is 5.91 Å². The summed E-state index contributed by atoms with van der Waals surface area (Å²) in [6.45, 7) is 8.60. The summed E-state index contributed by atoms with van der Waals surface area (Å²) in [5.74, 6) is 0.948. The van der Waals surface area contributed by atoms with Crippen LogP contribution in [0.4, 0.5) is 0 Å². The van der Waals surface area contributed by atoms with E-state index in [1.165, 1.54) is 5.56 Å². The van der Waals surface area contributed by atoms with Crippen LogP contribution in [0.2, 0.25) is 0 Å². The average Bonchev–Trinajstić information content (AvgIpc) is 3.19. The van der Waals surface area contributed by atoms with Gasteiger partial charge in [-0.1, -0.05) is 12.1 Å². The molecule has 7 heteroatoms. The molecule has 7 nitrogen and oxygen atoms in total. The van der Waals surface area contributed by atoms with E-state index in [1.807, 2.05) is 36.8 Å². The number of aromatic nitrogens is 3. The largest absolute Gasteiger partial charge is 0.361 e. The predicted octanol–water partition coefficient (Wildman–Crippen LogP) is 2.57. The average molecular weight is 359 g/mol. The van der Waals surface area contributed by atoms with E-state index in [4.69, 9.17) is 4.52 Å². The molecule has 0 bridgehead atoms. The topological polar surface area (TPSA) is 67.4 Å². The Bertz CT molecular complexity index is 746. The molecule has 0 radical (unpaired) electrons. The normalized spacial score (nSPS) is 21.1. The van der Waals surface area contributed by atoms with Crippen molar-refractivity contribution in [3.05, 3.63) is 35.0 Å². The lowest BCUT2D eigenvalue weighted by Crippen LogP contribution is -2.44. The molecule has 0 aromatic carbocycles. The fourth-order valence-electron chi connectivity index (χ4n) is 4.19. The Balaban J connectivity index is 1.80.